The van der Waals surface area contributed by atoms with Crippen molar-refractivity contribution >= 4 is 5.78 Å². The molecule has 3 heteroatoms. The second-order valence-electron chi connectivity index (χ2n) is 5.16. The zero-order valence-corrected chi connectivity index (χ0v) is 12.1. The quantitative estimate of drug-likeness (QED) is 0.806. The Morgan fingerprint density at radius 3 is 2.86 bits per heavy atom. The van der Waals surface area contributed by atoms with Gasteiger partial charge in [0.15, 0.2) is 5.78 Å². The number of fused-ring (bicyclic) bond motifs is 1. The summed E-state index contributed by atoms with van der Waals surface area (Å²) in [6.45, 7) is 0.757. The molecule has 0 bridgehead atoms. The Labute approximate surface area is 124 Å². The number of aryl methyl sites for hydroxylation is 1. The summed E-state index contributed by atoms with van der Waals surface area (Å²) in [4.78, 5) is 12.7. The number of methoxy groups -OCH3 is 1. The fraction of sp³-hybridized carbons (Fsp3) is 0.278. The molecule has 0 saturated heterocycles. The molecule has 21 heavy (non-hydrogen) atoms. The van der Waals surface area contributed by atoms with Crippen LogP contribution in [-0.4, -0.2) is 19.5 Å². The van der Waals surface area contributed by atoms with Gasteiger partial charge >= 0.3 is 0 Å². The van der Waals surface area contributed by atoms with Crippen molar-refractivity contribution in [3.8, 4) is 11.5 Å². The lowest BCUT2D eigenvalue weighted by Crippen LogP contribution is -2.05. The van der Waals surface area contributed by atoms with Crippen LogP contribution in [0.1, 0.15) is 34.3 Å². The summed E-state index contributed by atoms with van der Waals surface area (Å²) in [6, 6.07) is 13.0. The molecular formula is C18H18O3. The van der Waals surface area contributed by atoms with Crippen LogP contribution in [0.2, 0.25) is 0 Å². The second-order valence-corrected chi connectivity index (χ2v) is 5.16. The first-order valence-electron chi connectivity index (χ1n) is 7.23. The molecule has 1 aliphatic heterocycles. The van der Waals surface area contributed by atoms with Crippen molar-refractivity contribution < 1.29 is 14.3 Å². The number of hydrogen-bond donors (Lipinski definition) is 0. The van der Waals surface area contributed by atoms with Crippen molar-refractivity contribution in [2.24, 2.45) is 0 Å². The zero-order valence-electron chi connectivity index (χ0n) is 12.1. The minimum absolute atomic E-state index is 0.0144. The van der Waals surface area contributed by atoms with Gasteiger partial charge in [0.2, 0.25) is 0 Å². The van der Waals surface area contributed by atoms with Crippen molar-refractivity contribution in [2.75, 3.05) is 13.7 Å². The molecule has 0 atom stereocenters. The van der Waals surface area contributed by atoms with Crippen LogP contribution in [-0.2, 0) is 6.42 Å². The van der Waals surface area contributed by atoms with Crippen LogP contribution >= 0.6 is 0 Å². The van der Waals surface area contributed by atoms with E-state index < -0.39 is 0 Å². The molecule has 3 nitrogen and oxygen atoms in total. The van der Waals surface area contributed by atoms with E-state index in [0.29, 0.717) is 16.9 Å². The van der Waals surface area contributed by atoms with E-state index in [-0.39, 0.29) is 5.78 Å². The lowest BCUT2D eigenvalue weighted by molar-refractivity contribution is 0.103. The molecule has 0 unspecified atom stereocenters. The summed E-state index contributed by atoms with van der Waals surface area (Å²) in [5.41, 5.74) is 2.39. The fourth-order valence-electron chi connectivity index (χ4n) is 2.64. The summed E-state index contributed by atoms with van der Waals surface area (Å²) >= 11 is 0. The van der Waals surface area contributed by atoms with Crippen LogP contribution in [0.3, 0.4) is 0 Å². The minimum Gasteiger partial charge on any atom is -0.496 e. The lowest BCUT2D eigenvalue weighted by atomic mass is 9.98. The molecule has 0 fully saturated rings. The van der Waals surface area contributed by atoms with Gasteiger partial charge in [-0.15, -0.1) is 0 Å². The molecule has 2 aromatic rings. The highest BCUT2D eigenvalue weighted by Gasteiger charge is 2.17. The van der Waals surface area contributed by atoms with Crippen LogP contribution in [0.4, 0.5) is 0 Å². The zero-order chi connectivity index (χ0) is 14.7. The Morgan fingerprint density at radius 1 is 1.14 bits per heavy atom. The summed E-state index contributed by atoms with van der Waals surface area (Å²) in [6.07, 6.45) is 3.12. The topological polar surface area (TPSA) is 35.5 Å². The molecule has 0 N–H and O–H groups in total. The molecule has 0 aromatic heterocycles. The van der Waals surface area contributed by atoms with Gasteiger partial charge in [-0.05, 0) is 55.2 Å². The van der Waals surface area contributed by atoms with E-state index in [1.807, 2.05) is 30.3 Å². The Kier molecular flexibility index (Phi) is 3.91. The lowest BCUT2D eigenvalue weighted by Gasteiger charge is -2.10. The molecular weight excluding hydrogens is 264 g/mol. The van der Waals surface area contributed by atoms with Crippen LogP contribution in [0.15, 0.2) is 42.5 Å². The van der Waals surface area contributed by atoms with Gasteiger partial charge in [-0.25, -0.2) is 0 Å². The molecule has 0 radical (unpaired) electrons. The SMILES string of the molecule is COc1ccccc1C(=O)c1ccc2c(c1)CCCCO2. The number of carbonyl (C=O) groups excluding carboxylic acids is 1. The first-order chi connectivity index (χ1) is 10.3. The maximum absolute atomic E-state index is 12.7. The number of para-hydroxylation sites is 1. The Balaban J connectivity index is 1.97. The highest BCUT2D eigenvalue weighted by atomic mass is 16.5. The van der Waals surface area contributed by atoms with E-state index >= 15 is 0 Å². The molecule has 0 aliphatic carbocycles. The summed E-state index contributed by atoms with van der Waals surface area (Å²) in [5.74, 6) is 1.50. The maximum Gasteiger partial charge on any atom is 0.196 e. The van der Waals surface area contributed by atoms with Gasteiger partial charge in [-0.1, -0.05) is 12.1 Å². The van der Waals surface area contributed by atoms with E-state index in [0.717, 1.165) is 37.2 Å². The predicted octanol–water partition coefficient (Wildman–Crippen LogP) is 3.64. The fourth-order valence-corrected chi connectivity index (χ4v) is 2.64. The average molecular weight is 282 g/mol. The van der Waals surface area contributed by atoms with E-state index in [1.54, 1.807) is 19.2 Å². The molecule has 0 amide bonds. The average Bonchev–Trinajstić information content (AvgIpc) is 2.78. The van der Waals surface area contributed by atoms with Gasteiger partial charge in [-0.2, -0.15) is 0 Å². The number of ketones is 1. The van der Waals surface area contributed by atoms with Crippen LogP contribution in [0.25, 0.3) is 0 Å². The van der Waals surface area contributed by atoms with Crippen molar-refractivity contribution in [3.63, 3.8) is 0 Å². The highest BCUT2D eigenvalue weighted by molar-refractivity contribution is 6.10. The van der Waals surface area contributed by atoms with Crippen molar-refractivity contribution in [1.29, 1.82) is 0 Å². The van der Waals surface area contributed by atoms with Crippen molar-refractivity contribution in [1.82, 2.24) is 0 Å². The Hall–Kier alpha value is -2.29. The first kappa shape index (κ1) is 13.7. The van der Waals surface area contributed by atoms with Gasteiger partial charge in [0, 0.05) is 5.56 Å². The number of carbonyl (C=O) groups is 1. The number of hydrogen-bond acceptors (Lipinski definition) is 3. The molecule has 3 rings (SSSR count). The Bertz CT molecular complexity index is 661. The standard InChI is InChI=1S/C18H18O3/c1-20-17-8-3-2-7-15(17)18(19)14-9-10-16-13(12-14)6-4-5-11-21-16/h2-3,7-10,12H,4-6,11H2,1H3. The van der Waals surface area contributed by atoms with E-state index in [2.05, 4.69) is 0 Å². The third-order valence-electron chi connectivity index (χ3n) is 3.77. The van der Waals surface area contributed by atoms with Gasteiger partial charge in [0.1, 0.15) is 11.5 Å². The van der Waals surface area contributed by atoms with E-state index in [1.165, 1.54) is 0 Å². The first-order valence-corrected chi connectivity index (χ1v) is 7.23. The number of benzene rings is 2. The van der Waals surface area contributed by atoms with Gasteiger partial charge in [0.25, 0.3) is 0 Å². The summed E-state index contributed by atoms with van der Waals surface area (Å²) in [5, 5.41) is 0. The normalized spacial score (nSPS) is 13.8. The van der Waals surface area contributed by atoms with Crippen molar-refractivity contribution in [3.05, 3.63) is 59.2 Å². The van der Waals surface area contributed by atoms with E-state index in [9.17, 15) is 4.79 Å². The van der Waals surface area contributed by atoms with Crippen LogP contribution < -0.4 is 9.47 Å². The van der Waals surface area contributed by atoms with Gasteiger partial charge in [-0.3, -0.25) is 4.79 Å². The molecule has 108 valence electrons. The molecule has 1 heterocycles. The Morgan fingerprint density at radius 2 is 2.00 bits per heavy atom. The third kappa shape index (κ3) is 2.77. The largest absolute Gasteiger partial charge is 0.496 e. The summed E-state index contributed by atoms with van der Waals surface area (Å²) in [7, 11) is 1.58. The van der Waals surface area contributed by atoms with Crippen molar-refractivity contribution in [2.45, 2.75) is 19.3 Å². The number of ether oxygens (including phenoxy) is 2. The van der Waals surface area contributed by atoms with Crippen LogP contribution in [0.5, 0.6) is 11.5 Å². The second kappa shape index (κ2) is 6.00. The smallest absolute Gasteiger partial charge is 0.196 e. The predicted molar refractivity (Wildman–Crippen MR) is 81.3 cm³/mol. The monoisotopic (exact) mass is 282 g/mol. The van der Waals surface area contributed by atoms with Gasteiger partial charge in [0.05, 0.1) is 19.3 Å². The maximum atomic E-state index is 12.7. The molecule has 2 aromatic carbocycles. The van der Waals surface area contributed by atoms with Crippen LogP contribution in [0, 0.1) is 0 Å². The third-order valence-corrected chi connectivity index (χ3v) is 3.77. The molecule has 0 spiro atoms. The number of rotatable bonds is 3. The van der Waals surface area contributed by atoms with Gasteiger partial charge < -0.3 is 9.47 Å². The highest BCUT2D eigenvalue weighted by Crippen LogP contribution is 2.27. The molecule has 0 saturated carbocycles. The molecule has 1 aliphatic rings. The van der Waals surface area contributed by atoms with E-state index in [4.69, 9.17) is 9.47 Å². The minimum atomic E-state index is -0.0144. The summed E-state index contributed by atoms with van der Waals surface area (Å²) < 4.78 is 11.0.